The van der Waals surface area contributed by atoms with E-state index in [1.165, 1.54) is 0 Å². The number of amides is 1. The molecule has 1 aromatic carbocycles. The second kappa shape index (κ2) is 7.92. The number of hydrogen-bond acceptors (Lipinski definition) is 4. The maximum absolute atomic E-state index is 12.5. The van der Waals surface area contributed by atoms with Gasteiger partial charge in [-0.3, -0.25) is 4.79 Å². The van der Waals surface area contributed by atoms with E-state index >= 15 is 0 Å². The zero-order valence-electron chi connectivity index (χ0n) is 14.4. The fraction of sp³-hybridized carbons (Fsp3) is 0.471. The topological polar surface area (TPSA) is 69.7 Å². The molecule has 0 fully saturated rings. The Hall–Kier alpha value is -1.70. The molecule has 0 spiro atoms. The van der Waals surface area contributed by atoms with Gasteiger partial charge in [0, 0.05) is 31.8 Å². The quantitative estimate of drug-likeness (QED) is 0.847. The van der Waals surface area contributed by atoms with Gasteiger partial charge in [-0.1, -0.05) is 23.8 Å². The molecule has 1 aliphatic heterocycles. The fourth-order valence-corrected chi connectivity index (χ4v) is 3.73. The van der Waals surface area contributed by atoms with Crippen molar-refractivity contribution in [1.82, 2.24) is 14.7 Å². The number of sulfonamides is 1. The van der Waals surface area contributed by atoms with Crippen LogP contribution in [0.15, 0.2) is 40.8 Å². The number of nitrogens with zero attached hydrogens (tertiary/aromatic N) is 2. The highest BCUT2D eigenvalue weighted by molar-refractivity contribution is 7.89. The molecule has 1 amide bonds. The maximum Gasteiger partial charge on any atom is 0.253 e. The van der Waals surface area contributed by atoms with Crippen molar-refractivity contribution in [3.63, 3.8) is 0 Å². The van der Waals surface area contributed by atoms with Gasteiger partial charge in [-0.2, -0.15) is 0 Å². The summed E-state index contributed by atoms with van der Waals surface area (Å²) in [5, 5.41) is 1.59. The van der Waals surface area contributed by atoms with Crippen LogP contribution in [0, 0.1) is 6.92 Å². The Morgan fingerprint density at radius 1 is 1.21 bits per heavy atom. The van der Waals surface area contributed by atoms with E-state index in [1.807, 2.05) is 26.8 Å². The molecule has 24 heavy (non-hydrogen) atoms. The van der Waals surface area contributed by atoms with Crippen LogP contribution in [0.5, 0.6) is 0 Å². The van der Waals surface area contributed by atoms with Crippen LogP contribution < -0.4 is 4.83 Å². The number of carbonyl (C=O) groups excluding carboxylic acids is 1. The predicted octanol–water partition coefficient (Wildman–Crippen LogP) is 1.69. The lowest BCUT2D eigenvalue weighted by Gasteiger charge is -2.29. The van der Waals surface area contributed by atoms with Crippen LogP contribution in [0.2, 0.25) is 0 Å². The SMILES string of the molecule is CCN(CC)C(=O)C1=CCCN(NS(=O)(=O)c2ccc(C)cc2)C1. The number of rotatable bonds is 6. The average Bonchev–Trinajstić information content (AvgIpc) is 2.56. The van der Waals surface area contributed by atoms with Crippen LogP contribution in [0.25, 0.3) is 0 Å². The van der Waals surface area contributed by atoms with Gasteiger partial charge in [0.05, 0.1) is 4.90 Å². The minimum Gasteiger partial charge on any atom is -0.339 e. The van der Waals surface area contributed by atoms with Crippen molar-refractivity contribution in [3.05, 3.63) is 41.5 Å². The Balaban J connectivity index is 2.07. The number of benzene rings is 1. The Morgan fingerprint density at radius 3 is 2.42 bits per heavy atom. The first-order valence-electron chi connectivity index (χ1n) is 8.19. The zero-order valence-corrected chi connectivity index (χ0v) is 15.3. The summed E-state index contributed by atoms with van der Waals surface area (Å²) < 4.78 is 24.9. The number of carbonyl (C=O) groups is 1. The van der Waals surface area contributed by atoms with Gasteiger partial charge >= 0.3 is 0 Å². The van der Waals surface area contributed by atoms with Crippen molar-refractivity contribution in [2.75, 3.05) is 26.2 Å². The van der Waals surface area contributed by atoms with Gasteiger partial charge in [0.2, 0.25) is 0 Å². The number of hydrogen-bond donors (Lipinski definition) is 1. The summed E-state index contributed by atoms with van der Waals surface area (Å²) >= 11 is 0. The first-order valence-corrected chi connectivity index (χ1v) is 9.68. The van der Waals surface area contributed by atoms with E-state index in [2.05, 4.69) is 4.83 Å². The largest absolute Gasteiger partial charge is 0.339 e. The smallest absolute Gasteiger partial charge is 0.253 e. The minimum atomic E-state index is -3.63. The molecule has 6 nitrogen and oxygen atoms in total. The first kappa shape index (κ1) is 18.6. The van der Waals surface area contributed by atoms with Crippen molar-refractivity contribution < 1.29 is 13.2 Å². The summed E-state index contributed by atoms with van der Waals surface area (Å²) in [4.78, 5) is 17.0. The normalized spacial score (nSPS) is 15.9. The number of likely N-dealkylation sites (N-methyl/N-ethyl adjacent to an activating group) is 1. The van der Waals surface area contributed by atoms with Crippen molar-refractivity contribution in [2.45, 2.75) is 32.1 Å². The van der Waals surface area contributed by atoms with E-state index in [0.29, 0.717) is 31.6 Å². The predicted molar refractivity (Wildman–Crippen MR) is 93.7 cm³/mol. The number of nitrogens with one attached hydrogen (secondary N) is 1. The summed E-state index contributed by atoms with van der Waals surface area (Å²) in [5.74, 6) is -0.0285. The van der Waals surface area contributed by atoms with Gasteiger partial charge in [-0.25, -0.2) is 13.4 Å². The minimum absolute atomic E-state index is 0.0285. The van der Waals surface area contributed by atoms with Gasteiger partial charge in [0.25, 0.3) is 15.9 Å². The van der Waals surface area contributed by atoms with Crippen LogP contribution in [-0.2, 0) is 14.8 Å². The molecule has 2 rings (SSSR count). The zero-order chi connectivity index (χ0) is 17.7. The highest BCUT2D eigenvalue weighted by Gasteiger charge is 2.24. The van der Waals surface area contributed by atoms with E-state index in [0.717, 1.165) is 5.56 Å². The molecule has 0 aromatic heterocycles. The van der Waals surface area contributed by atoms with Crippen LogP contribution in [0.4, 0.5) is 0 Å². The van der Waals surface area contributed by atoms with Crippen molar-refractivity contribution in [3.8, 4) is 0 Å². The molecule has 1 heterocycles. The lowest BCUT2D eigenvalue weighted by molar-refractivity contribution is -0.127. The van der Waals surface area contributed by atoms with Crippen LogP contribution in [0.3, 0.4) is 0 Å². The van der Waals surface area contributed by atoms with Gasteiger partial charge in [0.1, 0.15) is 0 Å². The molecule has 0 radical (unpaired) electrons. The molecule has 0 bridgehead atoms. The van der Waals surface area contributed by atoms with Gasteiger partial charge in [0.15, 0.2) is 0 Å². The molecule has 7 heteroatoms. The molecule has 132 valence electrons. The van der Waals surface area contributed by atoms with Crippen LogP contribution in [0.1, 0.15) is 25.8 Å². The van der Waals surface area contributed by atoms with Crippen molar-refractivity contribution in [2.24, 2.45) is 0 Å². The third-order valence-electron chi connectivity index (χ3n) is 4.06. The standard InChI is InChI=1S/C17H25N3O3S/c1-4-19(5-2)17(21)15-7-6-12-20(13-15)18-24(22,23)16-10-8-14(3)9-11-16/h7-11,18H,4-6,12-13H2,1-3H3. The molecule has 1 aromatic rings. The molecule has 1 N–H and O–H groups in total. The highest BCUT2D eigenvalue weighted by atomic mass is 32.2. The maximum atomic E-state index is 12.5. The molecule has 1 aliphatic rings. The number of hydrazine groups is 1. The van der Waals surface area contributed by atoms with Gasteiger partial charge < -0.3 is 4.90 Å². The Labute approximate surface area is 144 Å². The summed E-state index contributed by atoms with van der Waals surface area (Å²) in [7, 11) is -3.63. The summed E-state index contributed by atoms with van der Waals surface area (Å²) in [5.41, 5.74) is 1.64. The lowest BCUT2D eigenvalue weighted by atomic mass is 10.1. The molecule has 0 atom stereocenters. The molecule has 0 unspecified atom stereocenters. The van der Waals surface area contributed by atoms with E-state index < -0.39 is 10.0 Å². The summed E-state index contributed by atoms with van der Waals surface area (Å²) in [6, 6.07) is 6.69. The molecular weight excluding hydrogens is 326 g/mol. The fourth-order valence-electron chi connectivity index (χ4n) is 2.63. The second-order valence-electron chi connectivity index (χ2n) is 5.82. The van der Waals surface area contributed by atoms with E-state index in [-0.39, 0.29) is 17.3 Å². The van der Waals surface area contributed by atoms with Gasteiger partial charge in [-0.05, 0) is 39.3 Å². The Kier molecular flexibility index (Phi) is 6.15. The summed E-state index contributed by atoms with van der Waals surface area (Å²) in [6.07, 6.45) is 2.54. The average molecular weight is 351 g/mol. The van der Waals surface area contributed by atoms with Gasteiger partial charge in [-0.15, -0.1) is 4.83 Å². The molecule has 0 saturated heterocycles. The molecule has 0 saturated carbocycles. The number of aryl methyl sites for hydroxylation is 1. The van der Waals surface area contributed by atoms with E-state index in [4.69, 9.17) is 0 Å². The highest BCUT2D eigenvalue weighted by Crippen LogP contribution is 2.15. The lowest BCUT2D eigenvalue weighted by Crippen LogP contribution is -2.47. The second-order valence-corrected chi connectivity index (χ2v) is 7.49. The van der Waals surface area contributed by atoms with Crippen LogP contribution >= 0.6 is 0 Å². The van der Waals surface area contributed by atoms with Crippen molar-refractivity contribution >= 4 is 15.9 Å². The first-order chi connectivity index (χ1) is 11.4. The Bertz CT molecular complexity index is 707. The summed E-state index contributed by atoms with van der Waals surface area (Å²) in [6.45, 7) is 7.87. The Morgan fingerprint density at radius 2 is 1.83 bits per heavy atom. The van der Waals surface area contributed by atoms with E-state index in [9.17, 15) is 13.2 Å². The third kappa shape index (κ3) is 4.43. The monoisotopic (exact) mass is 351 g/mol. The molecular formula is C17H25N3O3S. The molecule has 0 aliphatic carbocycles. The van der Waals surface area contributed by atoms with E-state index in [1.54, 1.807) is 34.2 Å². The van der Waals surface area contributed by atoms with Crippen LogP contribution in [-0.4, -0.2) is 50.4 Å². The van der Waals surface area contributed by atoms with Crippen molar-refractivity contribution in [1.29, 1.82) is 0 Å². The third-order valence-corrected chi connectivity index (χ3v) is 5.45.